The number of nitrogens with zero attached hydrogens (tertiary/aromatic N) is 3. The predicted octanol–water partition coefficient (Wildman–Crippen LogP) is 5.43. The van der Waals surface area contributed by atoms with Crippen LogP contribution in [0.3, 0.4) is 0 Å². The average molecular weight is 468 g/mol. The van der Waals surface area contributed by atoms with Crippen molar-refractivity contribution in [2.24, 2.45) is 0 Å². The fraction of sp³-hybridized carbons (Fsp3) is 0.273. The second kappa shape index (κ2) is 8.94. The number of thiazole rings is 1. The first-order valence-electron chi connectivity index (χ1n) is 10.1. The lowest BCUT2D eigenvalue weighted by Gasteiger charge is -2.10. The molecule has 1 aliphatic carbocycles. The first-order chi connectivity index (χ1) is 15.1. The van der Waals surface area contributed by atoms with Crippen molar-refractivity contribution in [2.45, 2.75) is 41.8 Å². The van der Waals surface area contributed by atoms with Gasteiger partial charge in [0.1, 0.15) is 0 Å². The molecule has 9 heteroatoms. The third kappa shape index (κ3) is 5.23. The van der Waals surface area contributed by atoms with Crippen LogP contribution in [0.5, 0.6) is 0 Å². The van der Waals surface area contributed by atoms with E-state index in [0.717, 1.165) is 32.1 Å². The predicted molar refractivity (Wildman–Crippen MR) is 129 cm³/mol. The number of aromatic nitrogens is 3. The van der Waals surface area contributed by atoms with E-state index < -0.39 is 0 Å². The van der Waals surface area contributed by atoms with Gasteiger partial charge in [0.15, 0.2) is 4.34 Å². The zero-order valence-corrected chi connectivity index (χ0v) is 19.3. The number of benzene rings is 2. The first kappa shape index (κ1) is 20.4. The Morgan fingerprint density at radius 2 is 1.94 bits per heavy atom. The van der Waals surface area contributed by atoms with E-state index in [0.29, 0.717) is 6.04 Å². The molecule has 5 rings (SSSR count). The summed E-state index contributed by atoms with van der Waals surface area (Å²) in [5.74, 6) is -0.0455. The van der Waals surface area contributed by atoms with Gasteiger partial charge in [0, 0.05) is 18.2 Å². The van der Waals surface area contributed by atoms with Crippen LogP contribution in [0.15, 0.2) is 52.9 Å². The molecular formula is C22H21N5OS3. The van der Waals surface area contributed by atoms with Crippen LogP contribution in [0.2, 0.25) is 0 Å². The van der Waals surface area contributed by atoms with Gasteiger partial charge in [-0.3, -0.25) is 4.79 Å². The molecule has 4 aromatic rings. The zero-order chi connectivity index (χ0) is 21.2. The summed E-state index contributed by atoms with van der Waals surface area (Å²) in [6, 6.07) is 16.7. The van der Waals surface area contributed by atoms with E-state index in [1.54, 1.807) is 11.3 Å². The summed E-state index contributed by atoms with van der Waals surface area (Å²) in [6.07, 6.45) is 3.18. The first-order valence-corrected chi connectivity index (χ1v) is 12.6. The number of carbonyl (C=O) groups excluding carboxylic acids is 1. The number of nitrogens with one attached hydrogen (secondary N) is 2. The van der Waals surface area contributed by atoms with Gasteiger partial charge in [0.05, 0.1) is 20.5 Å². The van der Waals surface area contributed by atoms with Crippen LogP contribution >= 0.6 is 34.4 Å². The SMILES string of the molecule is C[C@H](Sc1nnc(NC2CC2)s1)C(=O)Nc1ccc(Cc2nc3ccccc3s2)cc1. The van der Waals surface area contributed by atoms with Crippen molar-refractivity contribution in [1.29, 1.82) is 0 Å². The van der Waals surface area contributed by atoms with Gasteiger partial charge in [-0.15, -0.1) is 21.5 Å². The molecule has 2 N–H and O–H groups in total. The number of hydrogen-bond donors (Lipinski definition) is 2. The smallest absolute Gasteiger partial charge is 0.237 e. The van der Waals surface area contributed by atoms with Crippen molar-refractivity contribution in [1.82, 2.24) is 15.2 Å². The van der Waals surface area contributed by atoms with Gasteiger partial charge in [-0.2, -0.15) is 0 Å². The molecule has 1 aliphatic rings. The highest BCUT2D eigenvalue weighted by Gasteiger charge is 2.23. The Bertz CT molecular complexity index is 1170. The van der Waals surface area contributed by atoms with Gasteiger partial charge in [-0.05, 0) is 49.6 Å². The number of anilines is 2. The Morgan fingerprint density at radius 1 is 1.13 bits per heavy atom. The maximum absolute atomic E-state index is 12.6. The molecule has 0 bridgehead atoms. The number of rotatable bonds is 8. The highest BCUT2D eigenvalue weighted by molar-refractivity contribution is 8.02. The van der Waals surface area contributed by atoms with Crippen molar-refractivity contribution in [3.05, 3.63) is 59.1 Å². The Labute approximate surface area is 192 Å². The second-order valence-corrected chi connectivity index (χ2v) is 11.2. The Kier molecular flexibility index (Phi) is 5.89. The second-order valence-electron chi connectivity index (χ2n) is 7.49. The van der Waals surface area contributed by atoms with Crippen molar-refractivity contribution >= 4 is 61.4 Å². The third-order valence-electron chi connectivity index (χ3n) is 4.87. The van der Waals surface area contributed by atoms with Gasteiger partial charge in [-0.1, -0.05) is 47.4 Å². The van der Waals surface area contributed by atoms with E-state index in [1.807, 2.05) is 49.4 Å². The van der Waals surface area contributed by atoms with Gasteiger partial charge in [-0.25, -0.2) is 4.98 Å². The van der Waals surface area contributed by atoms with E-state index in [9.17, 15) is 4.79 Å². The van der Waals surface area contributed by atoms with Crippen LogP contribution in [0, 0.1) is 0 Å². The van der Waals surface area contributed by atoms with E-state index in [2.05, 4.69) is 26.9 Å². The Balaban J connectivity index is 1.15. The molecule has 0 radical (unpaired) electrons. The number of amides is 1. The fourth-order valence-corrected chi connectivity index (χ4v) is 6.02. The highest BCUT2D eigenvalue weighted by Crippen LogP contribution is 2.32. The lowest BCUT2D eigenvalue weighted by Crippen LogP contribution is -2.22. The van der Waals surface area contributed by atoms with Gasteiger partial charge >= 0.3 is 0 Å². The third-order valence-corrected chi connectivity index (χ3v) is 7.95. The molecule has 1 fully saturated rings. The minimum absolute atomic E-state index is 0.0455. The van der Waals surface area contributed by atoms with Crippen molar-refractivity contribution < 1.29 is 4.79 Å². The minimum Gasteiger partial charge on any atom is -0.357 e. The molecule has 0 saturated heterocycles. The summed E-state index contributed by atoms with van der Waals surface area (Å²) in [5, 5.41) is 16.3. The Hall–Kier alpha value is -2.49. The van der Waals surface area contributed by atoms with Crippen LogP contribution in [0.4, 0.5) is 10.8 Å². The molecule has 0 aliphatic heterocycles. The van der Waals surface area contributed by atoms with E-state index >= 15 is 0 Å². The summed E-state index contributed by atoms with van der Waals surface area (Å²) in [7, 11) is 0. The van der Waals surface area contributed by atoms with Gasteiger partial charge in [0.25, 0.3) is 0 Å². The summed E-state index contributed by atoms with van der Waals surface area (Å²) >= 11 is 4.66. The topological polar surface area (TPSA) is 79.8 Å². The summed E-state index contributed by atoms with van der Waals surface area (Å²) in [6.45, 7) is 1.89. The average Bonchev–Trinajstić information content (AvgIpc) is 3.31. The van der Waals surface area contributed by atoms with Crippen molar-refractivity contribution in [3.8, 4) is 0 Å². The van der Waals surface area contributed by atoms with Gasteiger partial charge < -0.3 is 10.6 Å². The van der Waals surface area contributed by atoms with Crippen molar-refractivity contribution in [2.75, 3.05) is 10.6 Å². The maximum atomic E-state index is 12.6. The molecule has 2 heterocycles. The number of hydrogen-bond acceptors (Lipinski definition) is 8. The molecule has 1 amide bonds. The molecular weight excluding hydrogens is 446 g/mol. The monoisotopic (exact) mass is 467 g/mol. The van der Waals surface area contributed by atoms with Crippen LogP contribution in [-0.2, 0) is 11.2 Å². The molecule has 1 atom stereocenters. The molecule has 2 aromatic carbocycles. The number of carbonyl (C=O) groups is 1. The lowest BCUT2D eigenvalue weighted by molar-refractivity contribution is -0.115. The number of para-hydroxylation sites is 1. The van der Waals surface area contributed by atoms with E-state index in [-0.39, 0.29) is 11.2 Å². The van der Waals surface area contributed by atoms with Crippen LogP contribution in [-0.4, -0.2) is 32.4 Å². The summed E-state index contributed by atoms with van der Waals surface area (Å²) < 4.78 is 2.01. The van der Waals surface area contributed by atoms with Gasteiger partial charge in [0.2, 0.25) is 11.0 Å². The molecule has 2 aromatic heterocycles. The summed E-state index contributed by atoms with van der Waals surface area (Å²) in [5.41, 5.74) is 3.01. The largest absolute Gasteiger partial charge is 0.357 e. The number of thioether (sulfide) groups is 1. The maximum Gasteiger partial charge on any atom is 0.237 e. The van der Waals surface area contributed by atoms with Crippen LogP contribution in [0.25, 0.3) is 10.2 Å². The molecule has 6 nitrogen and oxygen atoms in total. The minimum atomic E-state index is -0.260. The van der Waals surface area contributed by atoms with Crippen LogP contribution in [0.1, 0.15) is 30.3 Å². The number of fused-ring (bicyclic) bond motifs is 1. The highest BCUT2D eigenvalue weighted by atomic mass is 32.2. The zero-order valence-electron chi connectivity index (χ0n) is 16.9. The normalized spacial score (nSPS) is 14.5. The van der Waals surface area contributed by atoms with E-state index in [4.69, 9.17) is 4.98 Å². The molecule has 31 heavy (non-hydrogen) atoms. The fourth-order valence-electron chi connectivity index (χ4n) is 3.04. The standard InChI is InChI=1S/C22H21N5OS3/c1-13(29-22-27-26-21(31-22)24-16-10-11-16)20(28)23-15-8-6-14(7-9-15)12-19-25-17-4-2-3-5-18(17)30-19/h2-9,13,16H,10-12H2,1H3,(H,23,28)(H,24,26)/t13-/m0/s1. The van der Waals surface area contributed by atoms with Crippen molar-refractivity contribution in [3.63, 3.8) is 0 Å². The van der Waals surface area contributed by atoms with E-state index in [1.165, 1.54) is 46.2 Å². The lowest BCUT2D eigenvalue weighted by atomic mass is 10.1. The molecule has 158 valence electrons. The molecule has 0 spiro atoms. The quantitative estimate of drug-likeness (QED) is 0.336. The molecule has 1 saturated carbocycles. The molecule has 0 unspecified atom stereocenters. The summed E-state index contributed by atoms with van der Waals surface area (Å²) in [4.78, 5) is 17.3. The Morgan fingerprint density at radius 3 is 2.71 bits per heavy atom. The van der Waals surface area contributed by atoms with Crippen LogP contribution < -0.4 is 10.6 Å².